The van der Waals surface area contributed by atoms with Crippen LogP contribution in [0.1, 0.15) is 39.3 Å². The van der Waals surface area contributed by atoms with Crippen molar-refractivity contribution in [2.45, 2.75) is 44.0 Å². The summed E-state index contributed by atoms with van der Waals surface area (Å²) in [6.45, 7) is 9.63. The number of nitrogens with one attached hydrogen (secondary N) is 1. The Morgan fingerprint density at radius 1 is 1.33 bits per heavy atom. The number of hydrogen-bond donors (Lipinski definition) is 1. The molecule has 0 bridgehead atoms. The van der Waals surface area contributed by atoms with E-state index in [1.165, 1.54) is 5.56 Å². The first-order valence-electron chi connectivity index (χ1n) is 5.49. The second-order valence-electron chi connectivity index (χ2n) is 3.88. The molecule has 15 heavy (non-hydrogen) atoms. The molecule has 0 saturated heterocycles. The van der Waals surface area contributed by atoms with Gasteiger partial charge in [-0.15, -0.1) is 11.8 Å². The van der Waals surface area contributed by atoms with Crippen LogP contribution in [0.15, 0.2) is 23.4 Å². The van der Waals surface area contributed by atoms with Crippen molar-refractivity contribution in [3.63, 3.8) is 0 Å². The van der Waals surface area contributed by atoms with Crippen molar-refractivity contribution in [3.05, 3.63) is 23.9 Å². The standard InChI is InChI=1S/C12H20N2S/c1-5-13-10(4)11-6-7-12(14-8-11)15-9(2)3/h6-10,13H,5H2,1-4H3. The Hall–Kier alpha value is -0.540. The highest BCUT2D eigenvalue weighted by Crippen LogP contribution is 2.21. The Labute approximate surface area is 96.9 Å². The summed E-state index contributed by atoms with van der Waals surface area (Å²) >= 11 is 1.80. The zero-order chi connectivity index (χ0) is 11.3. The molecular weight excluding hydrogens is 204 g/mol. The van der Waals surface area contributed by atoms with E-state index in [4.69, 9.17) is 0 Å². The van der Waals surface area contributed by atoms with Gasteiger partial charge in [0.1, 0.15) is 0 Å². The largest absolute Gasteiger partial charge is 0.310 e. The van der Waals surface area contributed by atoms with Crippen molar-refractivity contribution >= 4 is 11.8 Å². The first kappa shape index (κ1) is 12.5. The molecule has 0 aliphatic carbocycles. The smallest absolute Gasteiger partial charge is 0.0962 e. The molecule has 0 fully saturated rings. The highest BCUT2D eigenvalue weighted by Gasteiger charge is 2.05. The van der Waals surface area contributed by atoms with Crippen molar-refractivity contribution in [1.29, 1.82) is 0 Å². The lowest BCUT2D eigenvalue weighted by Gasteiger charge is -2.12. The normalized spacial score (nSPS) is 13.1. The Kier molecular flexibility index (Phi) is 5.12. The predicted octanol–water partition coefficient (Wildman–Crippen LogP) is 3.25. The molecule has 84 valence electrons. The van der Waals surface area contributed by atoms with Gasteiger partial charge in [-0.1, -0.05) is 26.8 Å². The van der Waals surface area contributed by atoms with Gasteiger partial charge >= 0.3 is 0 Å². The first-order chi connectivity index (χ1) is 7.13. The van der Waals surface area contributed by atoms with Crippen LogP contribution in [0.25, 0.3) is 0 Å². The Morgan fingerprint density at radius 3 is 2.53 bits per heavy atom. The van der Waals surface area contributed by atoms with E-state index >= 15 is 0 Å². The summed E-state index contributed by atoms with van der Waals surface area (Å²) in [5, 5.41) is 5.08. The van der Waals surface area contributed by atoms with Crippen LogP contribution in [-0.4, -0.2) is 16.8 Å². The van der Waals surface area contributed by atoms with Crippen LogP contribution < -0.4 is 5.32 Å². The summed E-state index contributed by atoms with van der Waals surface area (Å²) in [6, 6.07) is 4.65. The maximum Gasteiger partial charge on any atom is 0.0962 e. The molecule has 0 aliphatic rings. The second kappa shape index (κ2) is 6.13. The predicted molar refractivity (Wildman–Crippen MR) is 67.3 cm³/mol. The van der Waals surface area contributed by atoms with Gasteiger partial charge in [-0.25, -0.2) is 4.98 Å². The van der Waals surface area contributed by atoms with Crippen LogP contribution in [0.2, 0.25) is 0 Å². The average Bonchev–Trinajstić information content (AvgIpc) is 2.18. The van der Waals surface area contributed by atoms with Gasteiger partial charge in [-0.05, 0) is 25.1 Å². The maximum absolute atomic E-state index is 4.45. The summed E-state index contributed by atoms with van der Waals surface area (Å²) in [5.41, 5.74) is 1.25. The van der Waals surface area contributed by atoms with Gasteiger partial charge in [0.2, 0.25) is 0 Å². The van der Waals surface area contributed by atoms with Crippen LogP contribution in [0.5, 0.6) is 0 Å². The van der Waals surface area contributed by atoms with Gasteiger partial charge in [-0.2, -0.15) is 0 Å². The highest BCUT2D eigenvalue weighted by molar-refractivity contribution is 7.99. The summed E-state index contributed by atoms with van der Waals surface area (Å²) in [5.74, 6) is 0. The van der Waals surface area contributed by atoms with E-state index in [1.54, 1.807) is 11.8 Å². The molecule has 1 heterocycles. The van der Waals surface area contributed by atoms with E-state index < -0.39 is 0 Å². The van der Waals surface area contributed by atoms with Gasteiger partial charge in [-0.3, -0.25) is 0 Å². The molecule has 0 aliphatic heterocycles. The number of nitrogens with zero attached hydrogens (tertiary/aromatic N) is 1. The fourth-order valence-electron chi connectivity index (χ4n) is 1.38. The molecule has 1 aromatic heterocycles. The van der Waals surface area contributed by atoms with Crippen LogP contribution in [0.3, 0.4) is 0 Å². The zero-order valence-corrected chi connectivity index (χ0v) is 10.8. The molecule has 1 N–H and O–H groups in total. The molecule has 0 aromatic carbocycles. The number of pyridine rings is 1. The molecule has 0 spiro atoms. The SMILES string of the molecule is CCNC(C)c1ccc(SC(C)C)nc1. The van der Waals surface area contributed by atoms with Crippen LogP contribution in [-0.2, 0) is 0 Å². The molecule has 0 amide bonds. The minimum atomic E-state index is 0.389. The molecule has 1 atom stereocenters. The number of aromatic nitrogens is 1. The van der Waals surface area contributed by atoms with Crippen molar-refractivity contribution in [3.8, 4) is 0 Å². The molecular formula is C12H20N2S. The van der Waals surface area contributed by atoms with E-state index in [1.807, 2.05) is 6.20 Å². The number of hydrogen-bond acceptors (Lipinski definition) is 3. The first-order valence-corrected chi connectivity index (χ1v) is 6.37. The number of rotatable bonds is 5. The lowest BCUT2D eigenvalue weighted by atomic mass is 10.1. The van der Waals surface area contributed by atoms with E-state index in [9.17, 15) is 0 Å². The van der Waals surface area contributed by atoms with Gasteiger partial charge in [0.05, 0.1) is 5.03 Å². The van der Waals surface area contributed by atoms with Crippen LogP contribution in [0.4, 0.5) is 0 Å². The zero-order valence-electron chi connectivity index (χ0n) is 9.95. The summed E-state index contributed by atoms with van der Waals surface area (Å²) in [6.07, 6.45) is 1.97. The molecule has 0 radical (unpaired) electrons. The van der Waals surface area contributed by atoms with Gasteiger partial charge in [0.25, 0.3) is 0 Å². The minimum Gasteiger partial charge on any atom is -0.310 e. The molecule has 1 unspecified atom stereocenters. The highest BCUT2D eigenvalue weighted by atomic mass is 32.2. The fraction of sp³-hybridized carbons (Fsp3) is 0.583. The monoisotopic (exact) mass is 224 g/mol. The Morgan fingerprint density at radius 2 is 2.07 bits per heavy atom. The average molecular weight is 224 g/mol. The van der Waals surface area contributed by atoms with E-state index in [0.717, 1.165) is 11.6 Å². The topological polar surface area (TPSA) is 24.9 Å². The molecule has 0 saturated carbocycles. The lowest BCUT2D eigenvalue weighted by molar-refractivity contribution is 0.595. The van der Waals surface area contributed by atoms with Crippen molar-refractivity contribution < 1.29 is 0 Å². The van der Waals surface area contributed by atoms with Gasteiger partial charge in [0.15, 0.2) is 0 Å². The minimum absolute atomic E-state index is 0.389. The third kappa shape index (κ3) is 4.22. The number of thioether (sulfide) groups is 1. The summed E-state index contributed by atoms with van der Waals surface area (Å²) in [7, 11) is 0. The fourth-order valence-corrected chi connectivity index (χ4v) is 2.13. The van der Waals surface area contributed by atoms with Gasteiger partial charge < -0.3 is 5.32 Å². The van der Waals surface area contributed by atoms with Crippen molar-refractivity contribution in [2.75, 3.05) is 6.54 Å². The molecule has 3 heteroatoms. The third-order valence-corrected chi connectivity index (χ3v) is 3.08. The lowest BCUT2D eigenvalue weighted by Crippen LogP contribution is -2.17. The van der Waals surface area contributed by atoms with Crippen molar-refractivity contribution in [1.82, 2.24) is 10.3 Å². The quantitative estimate of drug-likeness (QED) is 0.777. The molecule has 2 nitrogen and oxygen atoms in total. The Balaban J connectivity index is 2.63. The van der Waals surface area contributed by atoms with Crippen LogP contribution in [0, 0.1) is 0 Å². The van der Waals surface area contributed by atoms with Gasteiger partial charge in [0, 0.05) is 17.5 Å². The molecule has 1 aromatic rings. The van der Waals surface area contributed by atoms with E-state index in [2.05, 4.69) is 50.1 Å². The van der Waals surface area contributed by atoms with E-state index in [0.29, 0.717) is 11.3 Å². The Bertz CT molecular complexity index is 282. The molecule has 1 rings (SSSR count). The van der Waals surface area contributed by atoms with Crippen molar-refractivity contribution in [2.24, 2.45) is 0 Å². The maximum atomic E-state index is 4.45. The van der Waals surface area contributed by atoms with Crippen LogP contribution >= 0.6 is 11.8 Å². The summed E-state index contributed by atoms with van der Waals surface area (Å²) < 4.78 is 0. The van der Waals surface area contributed by atoms with E-state index in [-0.39, 0.29) is 0 Å². The second-order valence-corrected chi connectivity index (χ2v) is 5.47. The third-order valence-electron chi connectivity index (χ3n) is 2.13. The summed E-state index contributed by atoms with van der Waals surface area (Å²) in [4.78, 5) is 4.45.